The summed E-state index contributed by atoms with van der Waals surface area (Å²) in [4.78, 5) is 37.9. The second-order valence-corrected chi connectivity index (χ2v) is 9.29. The predicted octanol–water partition coefficient (Wildman–Crippen LogP) is -2.89. The number of nitrogens with two attached hydrogens (primary N) is 3. The van der Waals surface area contributed by atoms with E-state index in [0.29, 0.717) is 38.5 Å². The quantitative estimate of drug-likeness (QED) is 0.0575. The smallest absolute Gasteiger partial charge is 0.220 e. The van der Waals surface area contributed by atoms with Gasteiger partial charge >= 0.3 is 0 Å². The molecule has 0 saturated carbocycles. The van der Waals surface area contributed by atoms with Crippen molar-refractivity contribution in [3.8, 4) is 0 Å². The molecule has 0 rings (SSSR count). The number of rotatable bonds is 24. The highest BCUT2D eigenvalue weighted by Crippen LogP contribution is 2.07. The lowest BCUT2D eigenvalue weighted by Gasteiger charge is -2.22. The molecule has 218 valence electrons. The molecule has 0 aliphatic heterocycles. The molecule has 0 aromatic rings. The second kappa shape index (κ2) is 23.3. The standard InChI is InChI=1S/C24H51N7O6/c25-13-19(32)16-28-22(35)7-1-4-10-31(11-5-2-8-23(36)29-17-20(33)14-26)12-6-3-9-24(37)30-18-21(34)15-27/h19-21,32-34H,1-18,25-27H2,(H,28,35)(H,29,36)(H,30,37). The molecule has 0 aliphatic rings. The minimum atomic E-state index is -0.736. The number of nitrogens with zero attached hydrogens (tertiary/aromatic N) is 1. The fourth-order valence-corrected chi connectivity index (χ4v) is 3.41. The number of hydrogen-bond donors (Lipinski definition) is 9. The molecule has 3 unspecified atom stereocenters. The molecule has 3 amide bonds. The van der Waals surface area contributed by atoms with Crippen molar-refractivity contribution in [2.45, 2.75) is 76.1 Å². The van der Waals surface area contributed by atoms with Gasteiger partial charge in [-0.05, 0) is 58.2 Å². The molecule has 0 aromatic heterocycles. The molecule has 13 nitrogen and oxygen atoms in total. The monoisotopic (exact) mass is 533 g/mol. The molecule has 12 N–H and O–H groups in total. The largest absolute Gasteiger partial charge is 0.390 e. The summed E-state index contributed by atoms with van der Waals surface area (Å²) in [5, 5.41) is 36.3. The van der Waals surface area contributed by atoms with Crippen LogP contribution in [0.3, 0.4) is 0 Å². The third kappa shape index (κ3) is 21.9. The molecule has 0 spiro atoms. The summed E-state index contributed by atoms with van der Waals surface area (Å²) in [7, 11) is 0. The van der Waals surface area contributed by atoms with Crippen LogP contribution < -0.4 is 33.2 Å². The van der Waals surface area contributed by atoms with E-state index in [0.717, 1.165) is 38.9 Å². The van der Waals surface area contributed by atoms with Gasteiger partial charge in [0, 0.05) is 58.5 Å². The fraction of sp³-hybridized carbons (Fsp3) is 0.875. The van der Waals surface area contributed by atoms with Gasteiger partial charge in [0.05, 0.1) is 18.3 Å². The Hall–Kier alpha value is -1.87. The molecular weight excluding hydrogens is 482 g/mol. The van der Waals surface area contributed by atoms with Crippen LogP contribution in [0.1, 0.15) is 57.8 Å². The molecule has 3 atom stereocenters. The molecule has 37 heavy (non-hydrogen) atoms. The summed E-state index contributed by atoms with van der Waals surface area (Å²) in [6.07, 6.45) is 3.49. The first kappa shape index (κ1) is 35.1. The van der Waals surface area contributed by atoms with Crippen molar-refractivity contribution in [2.75, 3.05) is 58.9 Å². The Morgan fingerprint density at radius 1 is 0.541 bits per heavy atom. The molecule has 0 fully saturated rings. The normalized spacial score (nSPS) is 13.7. The van der Waals surface area contributed by atoms with E-state index in [4.69, 9.17) is 17.2 Å². The lowest BCUT2D eigenvalue weighted by Crippen LogP contribution is -2.36. The Kier molecular flexibility index (Phi) is 22.1. The Bertz CT molecular complexity index is 533. The van der Waals surface area contributed by atoms with E-state index in [1.165, 1.54) is 0 Å². The van der Waals surface area contributed by atoms with Gasteiger partial charge in [0.25, 0.3) is 0 Å². The Labute approximate surface area is 220 Å². The van der Waals surface area contributed by atoms with Gasteiger partial charge in [0.1, 0.15) is 0 Å². The third-order valence-electron chi connectivity index (χ3n) is 5.81. The van der Waals surface area contributed by atoms with Crippen molar-refractivity contribution in [3.05, 3.63) is 0 Å². The number of hydrogen-bond acceptors (Lipinski definition) is 10. The zero-order chi connectivity index (χ0) is 27.9. The molecular formula is C24H51N7O6. The highest BCUT2D eigenvalue weighted by Gasteiger charge is 2.10. The van der Waals surface area contributed by atoms with Crippen molar-refractivity contribution >= 4 is 17.7 Å². The van der Waals surface area contributed by atoms with Gasteiger partial charge in [-0.15, -0.1) is 0 Å². The maximum atomic E-state index is 11.9. The average Bonchev–Trinajstić information content (AvgIpc) is 2.90. The Morgan fingerprint density at radius 3 is 1.05 bits per heavy atom. The number of carbonyl (C=O) groups excluding carboxylic acids is 3. The summed E-state index contributed by atoms with van der Waals surface area (Å²) >= 11 is 0. The lowest BCUT2D eigenvalue weighted by molar-refractivity contribution is -0.122. The first-order chi connectivity index (χ1) is 17.7. The van der Waals surface area contributed by atoms with Gasteiger partial charge in [0.15, 0.2) is 0 Å². The van der Waals surface area contributed by atoms with E-state index in [1.807, 2.05) is 0 Å². The van der Waals surface area contributed by atoms with Gasteiger partial charge in [-0.3, -0.25) is 14.4 Å². The predicted molar refractivity (Wildman–Crippen MR) is 142 cm³/mol. The van der Waals surface area contributed by atoms with Crippen LogP contribution in [0.25, 0.3) is 0 Å². The number of aliphatic hydroxyl groups excluding tert-OH is 3. The fourth-order valence-electron chi connectivity index (χ4n) is 3.41. The van der Waals surface area contributed by atoms with Gasteiger partial charge in [-0.25, -0.2) is 0 Å². The van der Waals surface area contributed by atoms with Gasteiger partial charge in [-0.2, -0.15) is 0 Å². The van der Waals surface area contributed by atoms with Crippen LogP contribution in [0.4, 0.5) is 0 Å². The SMILES string of the molecule is NCC(O)CNC(=O)CCCCN(CCCCC(=O)NCC(O)CN)CCCCC(=O)NCC(O)CN. The number of nitrogens with one attached hydrogen (secondary N) is 3. The van der Waals surface area contributed by atoms with Crippen molar-refractivity contribution < 1.29 is 29.7 Å². The second-order valence-electron chi connectivity index (χ2n) is 9.29. The summed E-state index contributed by atoms with van der Waals surface area (Å²) < 4.78 is 0. The maximum Gasteiger partial charge on any atom is 0.220 e. The van der Waals surface area contributed by atoms with Crippen LogP contribution in [-0.4, -0.2) is 115 Å². The van der Waals surface area contributed by atoms with Crippen molar-refractivity contribution in [2.24, 2.45) is 17.2 Å². The zero-order valence-corrected chi connectivity index (χ0v) is 22.2. The number of aliphatic hydroxyl groups is 3. The number of carbonyl (C=O) groups is 3. The Balaban J connectivity index is 4.35. The third-order valence-corrected chi connectivity index (χ3v) is 5.81. The maximum absolute atomic E-state index is 11.9. The number of unbranched alkanes of at least 4 members (excludes halogenated alkanes) is 3. The van der Waals surface area contributed by atoms with Crippen LogP contribution >= 0.6 is 0 Å². The van der Waals surface area contributed by atoms with E-state index in [2.05, 4.69) is 20.9 Å². The summed E-state index contributed by atoms with van der Waals surface area (Å²) in [6, 6.07) is 0. The minimum absolute atomic E-state index is 0.101. The van der Waals surface area contributed by atoms with Crippen molar-refractivity contribution in [1.29, 1.82) is 0 Å². The minimum Gasteiger partial charge on any atom is -0.390 e. The van der Waals surface area contributed by atoms with E-state index < -0.39 is 18.3 Å². The van der Waals surface area contributed by atoms with Gasteiger partial charge < -0.3 is 53.4 Å². The van der Waals surface area contributed by atoms with E-state index in [9.17, 15) is 29.7 Å². The first-order valence-electron chi connectivity index (χ1n) is 13.4. The van der Waals surface area contributed by atoms with E-state index >= 15 is 0 Å². The summed E-state index contributed by atoms with van der Waals surface area (Å²) in [6.45, 7) is 3.14. The van der Waals surface area contributed by atoms with Crippen LogP contribution in [0.2, 0.25) is 0 Å². The zero-order valence-electron chi connectivity index (χ0n) is 22.2. The summed E-state index contributed by atoms with van der Waals surface area (Å²) in [5.41, 5.74) is 16.0. The van der Waals surface area contributed by atoms with E-state index in [1.54, 1.807) is 0 Å². The topological polar surface area (TPSA) is 229 Å². The van der Waals surface area contributed by atoms with E-state index in [-0.39, 0.29) is 57.0 Å². The number of amides is 3. The van der Waals surface area contributed by atoms with Crippen LogP contribution in [-0.2, 0) is 14.4 Å². The van der Waals surface area contributed by atoms with Crippen LogP contribution in [0.5, 0.6) is 0 Å². The highest BCUT2D eigenvalue weighted by atomic mass is 16.3. The first-order valence-corrected chi connectivity index (χ1v) is 13.4. The lowest BCUT2D eigenvalue weighted by atomic mass is 10.1. The van der Waals surface area contributed by atoms with Gasteiger partial charge in [-0.1, -0.05) is 0 Å². The molecule has 0 bridgehead atoms. The summed E-state index contributed by atoms with van der Waals surface area (Å²) in [5.74, 6) is -0.346. The van der Waals surface area contributed by atoms with Crippen LogP contribution in [0.15, 0.2) is 0 Å². The molecule has 0 radical (unpaired) electrons. The average molecular weight is 534 g/mol. The van der Waals surface area contributed by atoms with Gasteiger partial charge in [0.2, 0.25) is 17.7 Å². The van der Waals surface area contributed by atoms with Crippen molar-refractivity contribution in [1.82, 2.24) is 20.9 Å². The highest BCUT2D eigenvalue weighted by molar-refractivity contribution is 5.76. The van der Waals surface area contributed by atoms with Crippen molar-refractivity contribution in [3.63, 3.8) is 0 Å². The molecule has 0 heterocycles. The molecule has 0 aromatic carbocycles. The molecule has 0 saturated heterocycles. The molecule has 13 heteroatoms. The molecule has 0 aliphatic carbocycles. The Morgan fingerprint density at radius 2 is 0.811 bits per heavy atom. The van der Waals surface area contributed by atoms with Crippen LogP contribution in [0, 0.1) is 0 Å².